The fourth-order valence-electron chi connectivity index (χ4n) is 5.43. The van der Waals surface area contributed by atoms with E-state index in [2.05, 4.69) is 15.9 Å². The van der Waals surface area contributed by atoms with Gasteiger partial charge < -0.3 is 27.9 Å². The van der Waals surface area contributed by atoms with E-state index < -0.39 is 22.0 Å². The van der Waals surface area contributed by atoms with Gasteiger partial charge in [0.05, 0.1) is 26.7 Å². The van der Waals surface area contributed by atoms with Crippen molar-refractivity contribution in [3.05, 3.63) is 69.7 Å². The van der Waals surface area contributed by atoms with Crippen molar-refractivity contribution in [2.24, 2.45) is 11.8 Å². The van der Waals surface area contributed by atoms with Crippen LogP contribution >= 0.6 is 15.9 Å². The highest BCUT2D eigenvalue weighted by molar-refractivity contribution is 9.10. The minimum absolute atomic E-state index is 0.0222. The second-order valence-corrected chi connectivity index (χ2v) is 11.7. The Morgan fingerprint density at radius 2 is 1.58 bits per heavy atom. The zero-order chi connectivity index (χ0) is 26.6. The Morgan fingerprint density at radius 1 is 0.921 bits per heavy atom. The lowest BCUT2D eigenvalue weighted by Gasteiger charge is -2.34. The monoisotopic (exact) mass is 602 g/mol. The first kappa shape index (κ1) is 24.9. The number of ether oxygens (including phenoxy) is 5. The van der Waals surface area contributed by atoms with Crippen LogP contribution in [0.1, 0.15) is 22.6 Å². The molecule has 1 fully saturated rings. The Hall–Kier alpha value is -3.44. The van der Waals surface area contributed by atoms with Crippen LogP contribution in [0.15, 0.2) is 57.9 Å². The number of carbonyl (C=O) groups excluding carboxylic acids is 1. The van der Waals surface area contributed by atoms with E-state index in [-0.39, 0.29) is 40.8 Å². The minimum atomic E-state index is -4.20. The van der Waals surface area contributed by atoms with E-state index in [1.54, 1.807) is 24.3 Å². The Bertz CT molecular complexity index is 1510. The van der Waals surface area contributed by atoms with Gasteiger partial charge in [0.25, 0.3) is 0 Å². The molecule has 3 aliphatic rings. The lowest BCUT2D eigenvalue weighted by atomic mass is 9.67. The van der Waals surface area contributed by atoms with Gasteiger partial charge >= 0.3 is 16.1 Å². The number of cyclic esters (lactones) is 1. The van der Waals surface area contributed by atoms with E-state index in [4.69, 9.17) is 27.9 Å². The number of methoxy groups -OCH3 is 2. The van der Waals surface area contributed by atoms with Crippen molar-refractivity contribution in [2.75, 3.05) is 27.6 Å². The van der Waals surface area contributed by atoms with Gasteiger partial charge in [-0.05, 0) is 71.6 Å². The largest absolute Gasteiger partial charge is 0.493 e. The van der Waals surface area contributed by atoms with Crippen LogP contribution in [0.2, 0.25) is 0 Å². The minimum Gasteiger partial charge on any atom is -0.493 e. The molecule has 3 aromatic carbocycles. The first-order valence-electron chi connectivity index (χ1n) is 11.8. The molecule has 11 heteroatoms. The highest BCUT2D eigenvalue weighted by Crippen LogP contribution is 2.52. The number of hydrogen-bond acceptors (Lipinski definition) is 9. The van der Waals surface area contributed by atoms with Crippen molar-refractivity contribution in [1.82, 2.24) is 0 Å². The second-order valence-electron chi connectivity index (χ2n) is 9.25. The van der Waals surface area contributed by atoms with Gasteiger partial charge in [0.1, 0.15) is 4.90 Å². The summed E-state index contributed by atoms with van der Waals surface area (Å²) in [6.45, 7) is 0.465. The van der Waals surface area contributed by atoms with Crippen molar-refractivity contribution in [3.8, 4) is 28.7 Å². The summed E-state index contributed by atoms with van der Waals surface area (Å²) in [6, 6.07) is 13.3. The van der Waals surface area contributed by atoms with Crippen molar-refractivity contribution in [1.29, 1.82) is 0 Å². The van der Waals surface area contributed by atoms with Gasteiger partial charge in [0, 0.05) is 16.3 Å². The van der Waals surface area contributed by atoms with Crippen molar-refractivity contribution >= 4 is 32.0 Å². The molecule has 38 heavy (non-hydrogen) atoms. The summed E-state index contributed by atoms with van der Waals surface area (Å²) in [5, 5.41) is 0. The number of hydrogen-bond donors (Lipinski definition) is 0. The van der Waals surface area contributed by atoms with Crippen LogP contribution in [0.4, 0.5) is 0 Å². The SMILES string of the molecule is COc1cc([C@@H]2c3cc4c(cc3C[C@H]3COC(=O)[C@@H]32)OCO4)cc(OC)c1OS(=O)(=O)c1ccc(Br)cc1. The maximum atomic E-state index is 13.1. The van der Waals surface area contributed by atoms with Crippen molar-refractivity contribution < 1.29 is 41.1 Å². The van der Waals surface area contributed by atoms with Gasteiger partial charge in [0.2, 0.25) is 12.5 Å². The molecule has 2 aliphatic heterocycles. The third-order valence-electron chi connectivity index (χ3n) is 7.17. The Labute approximate surface area is 227 Å². The number of esters is 1. The zero-order valence-corrected chi connectivity index (χ0v) is 22.8. The molecular formula is C27H23BrO9S. The van der Waals surface area contributed by atoms with Gasteiger partial charge in [0.15, 0.2) is 23.0 Å². The molecule has 0 radical (unpaired) electrons. The maximum absolute atomic E-state index is 13.1. The maximum Gasteiger partial charge on any atom is 0.339 e. The molecule has 0 amide bonds. The van der Waals surface area contributed by atoms with E-state index in [9.17, 15) is 13.2 Å². The van der Waals surface area contributed by atoms with Crippen LogP contribution in [0, 0.1) is 11.8 Å². The summed E-state index contributed by atoms with van der Waals surface area (Å²) in [6.07, 6.45) is 0.666. The number of carbonyl (C=O) groups is 1. The predicted molar refractivity (Wildman–Crippen MR) is 138 cm³/mol. The lowest BCUT2D eigenvalue weighted by Crippen LogP contribution is -2.31. The van der Waals surface area contributed by atoms with Crippen LogP contribution < -0.4 is 23.1 Å². The molecule has 1 aliphatic carbocycles. The first-order valence-corrected chi connectivity index (χ1v) is 14.0. The van der Waals surface area contributed by atoms with E-state index in [1.807, 2.05) is 12.1 Å². The third kappa shape index (κ3) is 4.14. The summed E-state index contributed by atoms with van der Waals surface area (Å²) in [5.41, 5.74) is 2.64. The molecule has 9 nitrogen and oxygen atoms in total. The summed E-state index contributed by atoms with van der Waals surface area (Å²) in [7, 11) is -1.37. The van der Waals surface area contributed by atoms with Crippen LogP contribution in [-0.2, 0) is 26.1 Å². The summed E-state index contributed by atoms with van der Waals surface area (Å²) in [4.78, 5) is 12.9. The Morgan fingerprint density at radius 3 is 2.24 bits per heavy atom. The summed E-state index contributed by atoms with van der Waals surface area (Å²) >= 11 is 3.30. The molecule has 0 saturated carbocycles. The average Bonchev–Trinajstić information content (AvgIpc) is 3.52. The van der Waals surface area contributed by atoms with E-state index in [0.29, 0.717) is 30.1 Å². The van der Waals surface area contributed by atoms with Crippen molar-refractivity contribution in [3.63, 3.8) is 0 Å². The Balaban J connectivity index is 1.46. The van der Waals surface area contributed by atoms with Crippen LogP contribution in [0.5, 0.6) is 28.7 Å². The molecule has 3 aromatic rings. The van der Waals surface area contributed by atoms with Gasteiger partial charge in [-0.2, -0.15) is 8.42 Å². The number of fused-ring (bicyclic) bond motifs is 3. The molecule has 198 valence electrons. The molecule has 1 saturated heterocycles. The normalized spacial score (nSPS) is 21.3. The first-order chi connectivity index (χ1) is 18.3. The fourth-order valence-corrected chi connectivity index (χ4v) is 6.64. The van der Waals surface area contributed by atoms with E-state index >= 15 is 0 Å². The number of benzene rings is 3. The van der Waals surface area contributed by atoms with Crippen LogP contribution in [-0.4, -0.2) is 42.0 Å². The molecule has 6 rings (SSSR count). The van der Waals surface area contributed by atoms with Gasteiger partial charge in [-0.3, -0.25) is 4.79 Å². The number of rotatable bonds is 6. The van der Waals surface area contributed by atoms with Crippen LogP contribution in [0.25, 0.3) is 0 Å². The molecule has 0 aromatic heterocycles. The zero-order valence-electron chi connectivity index (χ0n) is 20.4. The van der Waals surface area contributed by atoms with Gasteiger partial charge in [-0.25, -0.2) is 0 Å². The second kappa shape index (κ2) is 9.39. The highest BCUT2D eigenvalue weighted by Gasteiger charge is 2.48. The molecule has 0 spiro atoms. The lowest BCUT2D eigenvalue weighted by molar-refractivity contribution is -0.141. The standard InChI is InChI=1S/C27H23BrO9S/c1-32-22-9-15(10-23(33-2)26(22)37-38(30,31)18-5-3-17(28)4-6-18)24-19-11-21-20(35-13-36-21)8-14(19)7-16-12-34-27(29)25(16)24/h3-6,8-11,16,24-25H,7,12-13H2,1-2H3/t16-,24+,25-/m0/s1. The predicted octanol–water partition coefficient (Wildman–Crippen LogP) is 4.44. The molecule has 0 unspecified atom stereocenters. The molecule has 2 heterocycles. The molecule has 0 N–H and O–H groups in total. The molecule has 0 bridgehead atoms. The van der Waals surface area contributed by atoms with Crippen LogP contribution in [0.3, 0.4) is 0 Å². The molecule has 3 atom stereocenters. The Kier molecular flexibility index (Phi) is 6.14. The smallest absolute Gasteiger partial charge is 0.339 e. The van der Waals surface area contributed by atoms with E-state index in [1.165, 1.54) is 26.4 Å². The third-order valence-corrected chi connectivity index (χ3v) is 8.93. The van der Waals surface area contributed by atoms with Gasteiger partial charge in [-0.1, -0.05) is 15.9 Å². The van der Waals surface area contributed by atoms with Crippen molar-refractivity contribution in [2.45, 2.75) is 17.2 Å². The summed E-state index contributed by atoms with van der Waals surface area (Å²) < 4.78 is 60.2. The quantitative estimate of drug-likeness (QED) is 0.299. The fraction of sp³-hybridized carbons (Fsp3) is 0.296. The molecular weight excluding hydrogens is 580 g/mol. The average molecular weight is 603 g/mol. The topological polar surface area (TPSA) is 107 Å². The van der Waals surface area contributed by atoms with E-state index in [0.717, 1.165) is 15.6 Å². The number of halogens is 1. The van der Waals surface area contributed by atoms with Gasteiger partial charge in [-0.15, -0.1) is 0 Å². The highest BCUT2D eigenvalue weighted by atomic mass is 79.9. The summed E-state index contributed by atoms with van der Waals surface area (Å²) in [5.74, 6) is 0.344.